The summed E-state index contributed by atoms with van der Waals surface area (Å²) in [7, 11) is 3.94. The first kappa shape index (κ1) is 54.7. The minimum atomic E-state index is -1.41. The summed E-state index contributed by atoms with van der Waals surface area (Å²) in [5.41, 5.74) is 4.37. The van der Waals surface area contributed by atoms with E-state index < -0.39 is 68.1 Å². The Kier molecular flexibility index (Phi) is 17.2. The van der Waals surface area contributed by atoms with Crippen LogP contribution in [0.15, 0.2) is 66.9 Å². The number of H-pyrrole nitrogens is 1. The molecule has 1 aromatic heterocycles. The number of methoxy groups -OCH3 is 4. The van der Waals surface area contributed by atoms with Crippen molar-refractivity contribution in [2.45, 2.75) is 126 Å². The van der Waals surface area contributed by atoms with Gasteiger partial charge in [-0.1, -0.05) is 49.5 Å². The van der Waals surface area contributed by atoms with Gasteiger partial charge >= 0.3 is 12.2 Å². The molecular weight excluding hydrogens is 985 g/mol. The van der Waals surface area contributed by atoms with Gasteiger partial charge in [0.25, 0.3) is 0 Å². The molecule has 4 fully saturated rings. The summed E-state index contributed by atoms with van der Waals surface area (Å²) in [6, 6.07) is 16.6. The van der Waals surface area contributed by atoms with Crippen molar-refractivity contribution >= 4 is 55.0 Å². The molecule has 0 saturated carbocycles. The van der Waals surface area contributed by atoms with Crippen molar-refractivity contribution in [1.82, 2.24) is 30.4 Å². The van der Waals surface area contributed by atoms with Gasteiger partial charge in [-0.05, 0) is 105 Å². The second-order valence-corrected chi connectivity index (χ2v) is 26.2. The molecule has 4 aliphatic rings. The molecule has 5 heterocycles. The summed E-state index contributed by atoms with van der Waals surface area (Å²) in [6.45, 7) is 10.0. The number of anilines is 3. The third-order valence-electron chi connectivity index (χ3n) is 15.7. The summed E-state index contributed by atoms with van der Waals surface area (Å²) in [6.07, 6.45) is 2.71. The van der Waals surface area contributed by atoms with E-state index in [1.54, 1.807) is 37.1 Å². The first-order chi connectivity index (χ1) is 35.9. The molecule has 4 aromatic rings. The highest BCUT2D eigenvalue weighted by molar-refractivity contribution is 6.77. The lowest BCUT2D eigenvalue weighted by Gasteiger charge is -2.38. The van der Waals surface area contributed by atoms with E-state index in [0.717, 1.165) is 40.9 Å². The van der Waals surface area contributed by atoms with Crippen LogP contribution in [0.2, 0.25) is 25.2 Å². The predicted molar refractivity (Wildman–Crippen MR) is 282 cm³/mol. The number of amides is 5. The number of aromatic nitrogens is 2. The molecule has 0 aliphatic carbocycles. The Bertz CT molecular complexity index is 2660. The van der Waals surface area contributed by atoms with E-state index in [4.69, 9.17) is 23.9 Å². The SMILES string of the molecule is COC(=O)N[C@H](C(=O)N1CCCC1C(=O)Nc1ccc([C@@H]2CC[C@@H](c3ccc(-c4cnc([C@@H]5CCCN5C(=O)[C@@H](NC(=O)OC)[C@@H](C)OC)[nH]4)cc3)N2c2cc(F)c(N3CC[Si](C)(C)CC3)c(F)c2)cc1)[C@@H](C)OC. The molecule has 4 saturated heterocycles. The lowest BCUT2D eigenvalue weighted by molar-refractivity contribution is -0.141. The van der Waals surface area contributed by atoms with Crippen LogP contribution >= 0.6 is 0 Å². The highest BCUT2D eigenvalue weighted by Gasteiger charge is 2.42. The van der Waals surface area contributed by atoms with Crippen LogP contribution in [0.25, 0.3) is 11.3 Å². The minimum absolute atomic E-state index is 0.0113. The van der Waals surface area contributed by atoms with Crippen molar-refractivity contribution in [2.75, 3.05) is 69.7 Å². The standard InChI is InChI=1S/C54H71F2N9O9Si/c1-32(71-3)46(60-53(69)73-5)51(67)63-23-9-11-44(63)49-57-31-41(59-49)34-13-15-35(16-14-34)42-21-22-43(65(42)38-29-39(55)48(40(56)30-38)62-25-27-75(7,8)28-26-62)36-17-19-37(20-18-36)58-50(66)45-12-10-24-64(45)52(68)47(33(2)72-4)61-54(70)74-6/h13-20,29-33,42-47H,9-12,21-28H2,1-8H3,(H,57,59)(H,58,66)(H,60,69)(H,61,70)/t32-,33-,42+,43+,44+,45?,46+,47+/m1/s1. The highest BCUT2D eigenvalue weighted by Crippen LogP contribution is 2.49. The number of alkyl carbamates (subject to hydrolysis) is 2. The number of carbonyl (C=O) groups excluding carboxylic acids is 5. The maximum Gasteiger partial charge on any atom is 0.407 e. The fourth-order valence-corrected chi connectivity index (χ4v) is 13.1. The molecule has 21 heteroatoms. The highest BCUT2D eigenvalue weighted by atomic mass is 28.3. The number of imidazole rings is 1. The Hall–Kier alpha value is -6.58. The molecule has 8 atom stereocenters. The molecule has 4 aliphatic heterocycles. The number of aromatic amines is 1. The van der Waals surface area contributed by atoms with E-state index in [-0.39, 0.29) is 35.6 Å². The van der Waals surface area contributed by atoms with E-state index in [0.29, 0.717) is 75.5 Å². The molecule has 0 bridgehead atoms. The van der Waals surface area contributed by atoms with Gasteiger partial charge in [-0.2, -0.15) is 0 Å². The first-order valence-electron chi connectivity index (χ1n) is 25.9. The van der Waals surface area contributed by atoms with Crippen LogP contribution in [-0.2, 0) is 33.3 Å². The number of rotatable bonds is 16. The number of carbonyl (C=O) groups is 5. The number of nitrogens with zero attached hydrogens (tertiary/aromatic N) is 5. The third kappa shape index (κ3) is 11.9. The van der Waals surface area contributed by atoms with Gasteiger partial charge < -0.3 is 59.5 Å². The summed E-state index contributed by atoms with van der Waals surface area (Å²) < 4.78 is 53.3. The molecule has 3 aromatic carbocycles. The van der Waals surface area contributed by atoms with Crippen molar-refractivity contribution in [3.8, 4) is 11.3 Å². The summed E-state index contributed by atoms with van der Waals surface area (Å²) >= 11 is 0. The lowest BCUT2D eigenvalue weighted by atomic mass is 10.0. The van der Waals surface area contributed by atoms with Gasteiger partial charge in [-0.25, -0.2) is 23.4 Å². The van der Waals surface area contributed by atoms with Crippen LogP contribution in [0.4, 0.5) is 35.4 Å². The van der Waals surface area contributed by atoms with Gasteiger partial charge in [-0.3, -0.25) is 14.4 Å². The molecule has 1 unspecified atom stereocenters. The van der Waals surface area contributed by atoms with Gasteiger partial charge in [0, 0.05) is 51.8 Å². The topological polar surface area (TPSA) is 200 Å². The van der Waals surface area contributed by atoms with Crippen molar-refractivity contribution in [1.29, 1.82) is 0 Å². The Morgan fingerprint density at radius 1 is 0.693 bits per heavy atom. The van der Waals surface area contributed by atoms with Gasteiger partial charge in [-0.15, -0.1) is 0 Å². The number of halogens is 2. The summed E-state index contributed by atoms with van der Waals surface area (Å²) in [5.74, 6) is -1.71. The molecule has 5 amide bonds. The second kappa shape index (κ2) is 23.5. The average Bonchev–Trinajstić information content (AvgIpc) is 4.27. The van der Waals surface area contributed by atoms with Gasteiger partial charge in [0.15, 0.2) is 11.6 Å². The molecule has 0 spiro atoms. The van der Waals surface area contributed by atoms with E-state index in [1.165, 1.54) is 45.5 Å². The van der Waals surface area contributed by atoms with Crippen LogP contribution < -0.4 is 25.8 Å². The van der Waals surface area contributed by atoms with Crippen LogP contribution in [0.1, 0.15) is 87.4 Å². The van der Waals surface area contributed by atoms with Gasteiger partial charge in [0.05, 0.1) is 64.5 Å². The summed E-state index contributed by atoms with van der Waals surface area (Å²) in [4.78, 5) is 81.0. The Labute approximate surface area is 438 Å². The largest absolute Gasteiger partial charge is 0.453 e. The van der Waals surface area contributed by atoms with E-state index >= 15 is 8.78 Å². The zero-order chi connectivity index (χ0) is 53.7. The molecular formula is C54H71F2N9O9Si. The van der Waals surface area contributed by atoms with Crippen molar-refractivity contribution in [3.05, 3.63) is 95.4 Å². The van der Waals surface area contributed by atoms with E-state index in [2.05, 4.69) is 38.9 Å². The number of nitrogens with one attached hydrogen (secondary N) is 4. The average molecular weight is 1060 g/mol. The van der Waals surface area contributed by atoms with Crippen LogP contribution in [0.3, 0.4) is 0 Å². The molecule has 75 heavy (non-hydrogen) atoms. The zero-order valence-electron chi connectivity index (χ0n) is 44.1. The lowest BCUT2D eigenvalue weighted by Crippen LogP contribution is -2.56. The fraction of sp³-hybridized carbons (Fsp3) is 0.519. The van der Waals surface area contributed by atoms with Gasteiger partial charge in [0.1, 0.15) is 29.6 Å². The smallest absolute Gasteiger partial charge is 0.407 e. The maximum absolute atomic E-state index is 16.5. The normalized spacial score (nSPS) is 22.1. The van der Waals surface area contributed by atoms with E-state index in [9.17, 15) is 24.0 Å². The molecule has 8 rings (SSSR count). The van der Waals surface area contributed by atoms with Crippen LogP contribution in [0.5, 0.6) is 0 Å². The number of hydrogen-bond acceptors (Lipinski definition) is 12. The molecule has 0 radical (unpaired) electrons. The first-order valence-corrected chi connectivity index (χ1v) is 29.3. The molecule has 404 valence electrons. The molecule has 18 nitrogen and oxygen atoms in total. The van der Waals surface area contributed by atoms with Gasteiger partial charge in [0.2, 0.25) is 17.7 Å². The Morgan fingerprint density at radius 3 is 1.76 bits per heavy atom. The van der Waals surface area contributed by atoms with Crippen LogP contribution in [0, 0.1) is 11.6 Å². The van der Waals surface area contributed by atoms with E-state index in [1.807, 2.05) is 41.3 Å². The maximum atomic E-state index is 16.5. The summed E-state index contributed by atoms with van der Waals surface area (Å²) in [5, 5.41) is 8.14. The Morgan fingerprint density at radius 2 is 1.21 bits per heavy atom. The fourth-order valence-electron chi connectivity index (χ4n) is 11.1. The third-order valence-corrected chi connectivity index (χ3v) is 18.9. The predicted octanol–water partition coefficient (Wildman–Crippen LogP) is 8.08. The minimum Gasteiger partial charge on any atom is -0.453 e. The quantitative estimate of drug-likeness (QED) is 0.0788. The number of benzene rings is 3. The number of likely N-dealkylation sites (tertiary alicyclic amines) is 2. The Balaban J connectivity index is 1.03. The number of hydrogen-bond donors (Lipinski definition) is 4. The van der Waals surface area contributed by atoms with Crippen LogP contribution in [-0.4, -0.2) is 143 Å². The zero-order valence-corrected chi connectivity index (χ0v) is 45.1. The van der Waals surface area contributed by atoms with Crippen molar-refractivity contribution in [2.24, 2.45) is 0 Å². The second-order valence-electron chi connectivity index (χ2n) is 20.8. The molecule has 4 N–H and O–H groups in total. The van der Waals surface area contributed by atoms with Crippen molar-refractivity contribution < 1.29 is 51.7 Å². The monoisotopic (exact) mass is 1060 g/mol. The van der Waals surface area contributed by atoms with Crippen molar-refractivity contribution in [3.63, 3.8) is 0 Å². The number of ether oxygens (including phenoxy) is 4.